The molecular formula is C17H18N2O2. The molecule has 0 aliphatic rings. The van der Waals surface area contributed by atoms with Gasteiger partial charge in [-0.3, -0.25) is 0 Å². The zero-order valence-corrected chi connectivity index (χ0v) is 12.4. The third-order valence-corrected chi connectivity index (χ3v) is 3.74. The van der Waals surface area contributed by atoms with E-state index in [0.29, 0.717) is 11.4 Å². The molecule has 0 spiro atoms. The first-order valence-corrected chi connectivity index (χ1v) is 6.75. The number of benzene rings is 1. The van der Waals surface area contributed by atoms with E-state index in [1.54, 1.807) is 14.2 Å². The summed E-state index contributed by atoms with van der Waals surface area (Å²) in [6, 6.07) is 11.9. The molecule has 0 fully saturated rings. The number of aromatic nitrogens is 1. The average molecular weight is 282 g/mol. The molecule has 0 aliphatic heterocycles. The number of hydrogen-bond donors (Lipinski definition) is 1. The molecule has 108 valence electrons. The van der Waals surface area contributed by atoms with Gasteiger partial charge in [-0.1, -0.05) is 12.1 Å². The van der Waals surface area contributed by atoms with Crippen molar-refractivity contribution in [2.24, 2.45) is 0 Å². The third-order valence-electron chi connectivity index (χ3n) is 3.74. The van der Waals surface area contributed by atoms with Gasteiger partial charge in [0.2, 0.25) is 0 Å². The van der Waals surface area contributed by atoms with Gasteiger partial charge in [0, 0.05) is 17.3 Å². The van der Waals surface area contributed by atoms with E-state index in [-0.39, 0.29) is 0 Å². The van der Waals surface area contributed by atoms with Gasteiger partial charge in [-0.15, -0.1) is 0 Å². The van der Waals surface area contributed by atoms with Crippen LogP contribution in [0.3, 0.4) is 0 Å². The molecule has 1 aromatic carbocycles. The van der Waals surface area contributed by atoms with Crippen LogP contribution in [-0.2, 0) is 0 Å². The Balaban J connectivity index is 2.32. The fourth-order valence-corrected chi connectivity index (χ4v) is 2.78. The van der Waals surface area contributed by atoms with Gasteiger partial charge in [0.1, 0.15) is 11.5 Å². The van der Waals surface area contributed by atoms with Crippen molar-refractivity contribution in [3.63, 3.8) is 0 Å². The van der Waals surface area contributed by atoms with Gasteiger partial charge in [0.05, 0.1) is 31.1 Å². The summed E-state index contributed by atoms with van der Waals surface area (Å²) in [5, 5.41) is 0. The molecule has 3 rings (SSSR count). The molecular weight excluding hydrogens is 264 g/mol. The van der Waals surface area contributed by atoms with Crippen LogP contribution in [-0.4, -0.2) is 18.6 Å². The Hall–Kier alpha value is -2.62. The highest BCUT2D eigenvalue weighted by Crippen LogP contribution is 2.38. The Bertz CT molecular complexity index is 806. The normalized spacial score (nSPS) is 10.8. The van der Waals surface area contributed by atoms with E-state index in [0.717, 1.165) is 28.1 Å². The zero-order valence-electron chi connectivity index (χ0n) is 12.4. The topological polar surface area (TPSA) is 48.9 Å². The van der Waals surface area contributed by atoms with Gasteiger partial charge in [-0.25, -0.2) is 0 Å². The molecule has 4 nitrogen and oxygen atoms in total. The van der Waals surface area contributed by atoms with E-state index >= 15 is 0 Å². The smallest absolute Gasteiger partial charge is 0.147 e. The molecule has 2 N–H and O–H groups in total. The van der Waals surface area contributed by atoms with Crippen molar-refractivity contribution in [2.45, 2.75) is 6.92 Å². The molecule has 0 amide bonds. The number of fused-ring (bicyclic) bond motifs is 1. The fraction of sp³-hybridized carbons (Fsp3) is 0.176. The van der Waals surface area contributed by atoms with Crippen LogP contribution < -0.4 is 15.2 Å². The molecule has 0 atom stereocenters. The molecule has 2 heterocycles. The highest BCUT2D eigenvalue weighted by molar-refractivity contribution is 5.80. The van der Waals surface area contributed by atoms with Crippen LogP contribution in [0.5, 0.6) is 11.5 Å². The van der Waals surface area contributed by atoms with Crippen molar-refractivity contribution in [1.29, 1.82) is 0 Å². The van der Waals surface area contributed by atoms with Crippen LogP contribution in [0.1, 0.15) is 5.56 Å². The van der Waals surface area contributed by atoms with Gasteiger partial charge in [-0.05, 0) is 31.2 Å². The predicted molar refractivity (Wildman–Crippen MR) is 85.1 cm³/mol. The van der Waals surface area contributed by atoms with Gasteiger partial charge in [-0.2, -0.15) is 0 Å². The van der Waals surface area contributed by atoms with E-state index in [9.17, 15) is 0 Å². The maximum Gasteiger partial charge on any atom is 0.147 e. The van der Waals surface area contributed by atoms with E-state index in [1.807, 2.05) is 42.6 Å². The summed E-state index contributed by atoms with van der Waals surface area (Å²) >= 11 is 0. The third kappa shape index (κ3) is 2.00. The Morgan fingerprint density at radius 2 is 1.86 bits per heavy atom. The first-order valence-electron chi connectivity index (χ1n) is 6.75. The second-order valence-corrected chi connectivity index (χ2v) is 4.92. The monoisotopic (exact) mass is 282 g/mol. The van der Waals surface area contributed by atoms with E-state index in [1.165, 1.54) is 0 Å². The van der Waals surface area contributed by atoms with E-state index < -0.39 is 0 Å². The minimum Gasteiger partial charge on any atom is -0.495 e. The van der Waals surface area contributed by atoms with E-state index in [4.69, 9.17) is 15.2 Å². The van der Waals surface area contributed by atoms with Crippen LogP contribution >= 0.6 is 0 Å². The summed E-state index contributed by atoms with van der Waals surface area (Å²) in [5.41, 5.74) is 10.8. The Morgan fingerprint density at radius 3 is 2.57 bits per heavy atom. The Labute approximate surface area is 123 Å². The molecule has 0 unspecified atom stereocenters. The van der Waals surface area contributed by atoms with Crippen LogP contribution in [0.2, 0.25) is 0 Å². The maximum absolute atomic E-state index is 5.90. The number of hydrogen-bond acceptors (Lipinski definition) is 3. The second-order valence-electron chi connectivity index (χ2n) is 4.92. The number of nitrogen functional groups attached to an aromatic ring is 1. The standard InChI is InChI=1S/C17H18N2O2/c1-11-16(12-7-8-13(18)15(10-12)20-2)19-9-5-4-6-14(19)17(11)21-3/h4-10H,18H2,1-3H3. The first-order chi connectivity index (χ1) is 10.2. The molecule has 0 saturated heterocycles. The van der Waals surface area contributed by atoms with Crippen LogP contribution in [0.4, 0.5) is 5.69 Å². The minimum atomic E-state index is 0.631. The summed E-state index contributed by atoms with van der Waals surface area (Å²) in [5.74, 6) is 1.57. The zero-order chi connectivity index (χ0) is 15.0. The molecule has 4 heteroatoms. The Morgan fingerprint density at radius 1 is 1.05 bits per heavy atom. The van der Waals surface area contributed by atoms with Crippen molar-refractivity contribution in [3.05, 3.63) is 48.2 Å². The fourth-order valence-electron chi connectivity index (χ4n) is 2.78. The maximum atomic E-state index is 5.90. The number of ether oxygens (including phenoxy) is 2. The van der Waals surface area contributed by atoms with Gasteiger partial charge >= 0.3 is 0 Å². The highest BCUT2D eigenvalue weighted by atomic mass is 16.5. The molecule has 2 aromatic heterocycles. The van der Waals surface area contributed by atoms with Crippen LogP contribution in [0, 0.1) is 6.92 Å². The van der Waals surface area contributed by atoms with Gasteiger partial charge in [0.15, 0.2) is 0 Å². The van der Waals surface area contributed by atoms with Crippen molar-refractivity contribution < 1.29 is 9.47 Å². The molecule has 0 bridgehead atoms. The number of nitrogens with zero attached hydrogens (tertiary/aromatic N) is 1. The predicted octanol–water partition coefficient (Wildman–Crippen LogP) is 3.51. The lowest BCUT2D eigenvalue weighted by atomic mass is 10.1. The van der Waals surface area contributed by atoms with E-state index in [2.05, 4.69) is 11.3 Å². The molecule has 0 aliphatic carbocycles. The minimum absolute atomic E-state index is 0.631. The van der Waals surface area contributed by atoms with Crippen molar-refractivity contribution in [2.75, 3.05) is 20.0 Å². The molecule has 21 heavy (non-hydrogen) atoms. The van der Waals surface area contributed by atoms with Crippen LogP contribution in [0.15, 0.2) is 42.6 Å². The van der Waals surface area contributed by atoms with Gasteiger partial charge < -0.3 is 19.6 Å². The second kappa shape index (κ2) is 5.05. The molecule has 0 saturated carbocycles. The highest BCUT2D eigenvalue weighted by Gasteiger charge is 2.17. The van der Waals surface area contributed by atoms with Gasteiger partial charge in [0.25, 0.3) is 0 Å². The number of rotatable bonds is 3. The summed E-state index contributed by atoms with van der Waals surface area (Å²) < 4.78 is 13.0. The summed E-state index contributed by atoms with van der Waals surface area (Å²) in [6.45, 7) is 2.06. The summed E-state index contributed by atoms with van der Waals surface area (Å²) in [4.78, 5) is 0. The SMILES string of the molecule is COc1cc(-c2c(C)c(OC)c3ccccn23)ccc1N. The lowest BCUT2D eigenvalue weighted by Crippen LogP contribution is -1.94. The number of methoxy groups -OCH3 is 2. The lowest BCUT2D eigenvalue weighted by Gasteiger charge is -2.09. The molecule has 0 radical (unpaired) electrons. The largest absolute Gasteiger partial charge is 0.495 e. The summed E-state index contributed by atoms with van der Waals surface area (Å²) in [7, 11) is 3.32. The Kier molecular flexibility index (Phi) is 3.22. The quantitative estimate of drug-likeness (QED) is 0.748. The first kappa shape index (κ1) is 13.4. The van der Waals surface area contributed by atoms with Crippen molar-refractivity contribution in [1.82, 2.24) is 4.40 Å². The van der Waals surface area contributed by atoms with Crippen molar-refractivity contribution in [3.8, 4) is 22.8 Å². The average Bonchev–Trinajstić information content (AvgIpc) is 2.79. The lowest BCUT2D eigenvalue weighted by molar-refractivity contribution is 0.416. The number of anilines is 1. The van der Waals surface area contributed by atoms with Crippen LogP contribution in [0.25, 0.3) is 16.8 Å². The number of nitrogens with two attached hydrogens (primary N) is 1. The number of pyridine rings is 1. The summed E-state index contributed by atoms with van der Waals surface area (Å²) in [6.07, 6.45) is 2.03. The van der Waals surface area contributed by atoms with Crippen molar-refractivity contribution >= 4 is 11.2 Å². The molecule has 3 aromatic rings.